The summed E-state index contributed by atoms with van der Waals surface area (Å²) >= 11 is 0. The normalized spacial score (nSPS) is 18.9. The lowest BCUT2D eigenvalue weighted by atomic mass is 9.94. The van der Waals surface area contributed by atoms with Gasteiger partial charge in [-0.15, -0.1) is 0 Å². The predicted octanol–water partition coefficient (Wildman–Crippen LogP) is 4.39. The Hall–Kier alpha value is -2.08. The molecule has 172 valence electrons. The first-order valence-electron chi connectivity index (χ1n) is 12.1. The third-order valence-corrected chi connectivity index (χ3v) is 7.00. The number of piperazine rings is 1. The van der Waals surface area contributed by atoms with Crippen molar-refractivity contribution in [3.63, 3.8) is 0 Å². The van der Waals surface area contributed by atoms with Crippen LogP contribution >= 0.6 is 0 Å². The molecule has 1 saturated carbocycles. The zero-order valence-corrected chi connectivity index (χ0v) is 19.8. The van der Waals surface area contributed by atoms with Gasteiger partial charge in [-0.25, -0.2) is 4.79 Å². The fourth-order valence-corrected chi connectivity index (χ4v) is 5.01. The minimum atomic E-state index is -0.0515. The number of hydrogen-bond donors (Lipinski definition) is 1. The summed E-state index contributed by atoms with van der Waals surface area (Å²) in [6, 6.07) is 8.01. The molecule has 31 heavy (non-hydrogen) atoms. The van der Waals surface area contributed by atoms with E-state index in [1.54, 1.807) is 0 Å². The van der Waals surface area contributed by atoms with Gasteiger partial charge in [0.05, 0.1) is 6.04 Å². The fourth-order valence-electron chi connectivity index (χ4n) is 5.01. The van der Waals surface area contributed by atoms with E-state index in [0.717, 1.165) is 44.7 Å². The molecule has 0 aromatic heterocycles. The van der Waals surface area contributed by atoms with Crippen LogP contribution in [0.3, 0.4) is 0 Å². The van der Waals surface area contributed by atoms with E-state index in [0.29, 0.717) is 24.9 Å². The molecule has 0 radical (unpaired) electrons. The van der Waals surface area contributed by atoms with Crippen LogP contribution in [0.4, 0.5) is 10.5 Å². The van der Waals surface area contributed by atoms with Gasteiger partial charge in [-0.3, -0.25) is 9.69 Å². The van der Waals surface area contributed by atoms with E-state index in [2.05, 4.69) is 50.0 Å². The molecule has 6 nitrogen and oxygen atoms in total. The second-order valence-corrected chi connectivity index (χ2v) is 9.23. The van der Waals surface area contributed by atoms with Crippen molar-refractivity contribution in [1.29, 1.82) is 0 Å². The molecule has 1 atom stereocenters. The van der Waals surface area contributed by atoms with Gasteiger partial charge >= 0.3 is 6.03 Å². The first-order valence-corrected chi connectivity index (χ1v) is 12.1. The van der Waals surface area contributed by atoms with Crippen LogP contribution in [-0.2, 0) is 4.79 Å². The molecule has 1 aliphatic carbocycles. The largest absolute Gasteiger partial charge is 0.342 e. The Morgan fingerprint density at radius 2 is 1.58 bits per heavy atom. The number of benzene rings is 1. The lowest BCUT2D eigenvalue weighted by Gasteiger charge is -2.42. The highest BCUT2D eigenvalue weighted by Gasteiger charge is 2.38. The average Bonchev–Trinajstić information content (AvgIpc) is 3.30. The second kappa shape index (κ2) is 11.0. The SMILES string of the molecule is CCN(CC)C(=O)[C@H](C1CCCC1)N1CCN(C(=O)Nc2ccc(C(C)C)cc2)CC1. The zero-order chi connectivity index (χ0) is 22.4. The number of carbonyl (C=O) groups excluding carboxylic acids is 2. The van der Waals surface area contributed by atoms with Gasteiger partial charge in [0.2, 0.25) is 5.91 Å². The van der Waals surface area contributed by atoms with Gasteiger partial charge in [-0.1, -0.05) is 38.8 Å². The summed E-state index contributed by atoms with van der Waals surface area (Å²) in [7, 11) is 0. The Morgan fingerprint density at radius 3 is 2.10 bits per heavy atom. The minimum absolute atomic E-state index is 0.0313. The highest BCUT2D eigenvalue weighted by atomic mass is 16.2. The quantitative estimate of drug-likeness (QED) is 0.701. The van der Waals surface area contributed by atoms with Gasteiger partial charge in [0.15, 0.2) is 0 Å². The smallest absolute Gasteiger partial charge is 0.321 e. The van der Waals surface area contributed by atoms with Gasteiger partial charge in [0, 0.05) is 45.0 Å². The Bertz CT molecular complexity index is 716. The molecule has 6 heteroatoms. The van der Waals surface area contributed by atoms with E-state index in [9.17, 15) is 9.59 Å². The van der Waals surface area contributed by atoms with Crippen LogP contribution in [0, 0.1) is 5.92 Å². The van der Waals surface area contributed by atoms with Gasteiger partial charge in [-0.2, -0.15) is 0 Å². The molecular weight excluding hydrogens is 388 g/mol. The van der Waals surface area contributed by atoms with Crippen molar-refractivity contribution in [2.45, 2.75) is 65.3 Å². The number of nitrogens with zero attached hydrogens (tertiary/aromatic N) is 3. The second-order valence-electron chi connectivity index (χ2n) is 9.23. The first-order chi connectivity index (χ1) is 14.9. The summed E-state index contributed by atoms with van der Waals surface area (Å²) in [6.07, 6.45) is 4.74. The van der Waals surface area contributed by atoms with Crippen LogP contribution < -0.4 is 5.32 Å². The van der Waals surface area contributed by atoms with E-state index < -0.39 is 0 Å². The van der Waals surface area contributed by atoms with Crippen molar-refractivity contribution in [2.75, 3.05) is 44.6 Å². The Balaban J connectivity index is 1.59. The topological polar surface area (TPSA) is 55.9 Å². The summed E-state index contributed by atoms with van der Waals surface area (Å²) in [5.74, 6) is 1.21. The van der Waals surface area contributed by atoms with Crippen LogP contribution in [0.1, 0.15) is 64.9 Å². The van der Waals surface area contributed by atoms with Gasteiger partial charge in [0.1, 0.15) is 0 Å². The van der Waals surface area contributed by atoms with E-state index in [-0.39, 0.29) is 18.0 Å². The zero-order valence-electron chi connectivity index (χ0n) is 19.8. The number of likely N-dealkylation sites (N-methyl/N-ethyl adjacent to an activating group) is 1. The summed E-state index contributed by atoms with van der Waals surface area (Å²) < 4.78 is 0. The molecule has 1 N–H and O–H groups in total. The van der Waals surface area contributed by atoms with Crippen molar-refractivity contribution in [1.82, 2.24) is 14.7 Å². The van der Waals surface area contributed by atoms with Crippen molar-refractivity contribution in [3.8, 4) is 0 Å². The number of anilines is 1. The molecule has 0 bridgehead atoms. The first kappa shape index (κ1) is 23.6. The number of hydrogen-bond acceptors (Lipinski definition) is 3. The van der Waals surface area contributed by atoms with Crippen molar-refractivity contribution < 1.29 is 9.59 Å². The highest BCUT2D eigenvalue weighted by molar-refractivity contribution is 5.89. The van der Waals surface area contributed by atoms with Crippen LogP contribution in [0.15, 0.2) is 24.3 Å². The third-order valence-electron chi connectivity index (χ3n) is 7.00. The summed E-state index contributed by atoms with van der Waals surface area (Å²) in [5, 5.41) is 3.03. The summed E-state index contributed by atoms with van der Waals surface area (Å²) in [5.41, 5.74) is 2.10. The van der Waals surface area contributed by atoms with Crippen molar-refractivity contribution in [3.05, 3.63) is 29.8 Å². The molecule has 0 spiro atoms. The van der Waals surface area contributed by atoms with Gasteiger partial charge in [-0.05, 0) is 56.2 Å². The molecule has 3 rings (SSSR count). The van der Waals surface area contributed by atoms with E-state index in [1.165, 1.54) is 18.4 Å². The van der Waals surface area contributed by atoms with E-state index in [4.69, 9.17) is 0 Å². The molecule has 3 amide bonds. The number of urea groups is 1. The number of carbonyl (C=O) groups is 2. The van der Waals surface area contributed by atoms with Crippen LogP contribution in [0.25, 0.3) is 0 Å². The maximum absolute atomic E-state index is 13.3. The average molecular weight is 429 g/mol. The fraction of sp³-hybridized carbons (Fsp3) is 0.680. The predicted molar refractivity (Wildman–Crippen MR) is 126 cm³/mol. The Kier molecular flexibility index (Phi) is 8.35. The molecule has 2 fully saturated rings. The van der Waals surface area contributed by atoms with Crippen LogP contribution in [0.2, 0.25) is 0 Å². The van der Waals surface area contributed by atoms with Crippen molar-refractivity contribution in [2.24, 2.45) is 5.92 Å². The molecule has 1 heterocycles. The molecule has 1 saturated heterocycles. The minimum Gasteiger partial charge on any atom is -0.342 e. The Morgan fingerprint density at radius 1 is 1.00 bits per heavy atom. The molecule has 2 aliphatic rings. The van der Waals surface area contributed by atoms with Gasteiger partial charge < -0.3 is 15.1 Å². The molecular formula is C25H40N4O2. The summed E-state index contributed by atoms with van der Waals surface area (Å²) in [4.78, 5) is 32.3. The standard InChI is InChI=1S/C25H40N4O2/c1-5-27(6-2)24(30)23(21-9-7-8-10-21)28-15-17-29(18-16-28)25(31)26-22-13-11-20(12-14-22)19(3)4/h11-14,19,21,23H,5-10,15-18H2,1-4H3,(H,26,31)/t23-/m0/s1. The highest BCUT2D eigenvalue weighted by Crippen LogP contribution is 2.32. The lowest BCUT2D eigenvalue weighted by Crippen LogP contribution is -2.58. The Labute approximate surface area is 188 Å². The maximum Gasteiger partial charge on any atom is 0.321 e. The number of nitrogens with one attached hydrogen (secondary N) is 1. The third kappa shape index (κ3) is 5.79. The summed E-state index contributed by atoms with van der Waals surface area (Å²) in [6.45, 7) is 12.8. The van der Waals surface area contributed by atoms with Crippen LogP contribution in [-0.4, -0.2) is 71.9 Å². The molecule has 1 aromatic rings. The molecule has 0 unspecified atom stereocenters. The van der Waals surface area contributed by atoms with Gasteiger partial charge in [0.25, 0.3) is 0 Å². The van der Waals surface area contributed by atoms with E-state index >= 15 is 0 Å². The van der Waals surface area contributed by atoms with E-state index in [1.807, 2.05) is 21.9 Å². The number of amides is 3. The van der Waals surface area contributed by atoms with Crippen LogP contribution in [0.5, 0.6) is 0 Å². The number of rotatable bonds is 7. The monoisotopic (exact) mass is 428 g/mol. The molecule has 1 aromatic carbocycles. The maximum atomic E-state index is 13.3. The lowest BCUT2D eigenvalue weighted by molar-refractivity contribution is -0.139. The van der Waals surface area contributed by atoms with Crippen molar-refractivity contribution >= 4 is 17.6 Å². The molecule has 1 aliphatic heterocycles.